The highest BCUT2D eigenvalue weighted by Gasteiger charge is 2.18. The van der Waals surface area contributed by atoms with Gasteiger partial charge < -0.3 is 5.73 Å². The number of rotatable bonds is 7. The standard InChI is InChI=1S/C23H27N3O2S/c1-4-6-21(24)19-11-9-18(10-12-19)20-13-14-22(16(2)15-20)29(27,28)26-23-8-5-7-17(3)25-23/h5,7-15,21H,4,6,24H2,1-3H3,(H,25,26). The predicted octanol–water partition coefficient (Wildman–Crippen LogP) is 4.97. The minimum absolute atomic E-state index is 0.0459. The lowest BCUT2D eigenvalue weighted by atomic mass is 9.98. The zero-order chi connectivity index (χ0) is 21.0. The second-order valence-electron chi connectivity index (χ2n) is 7.27. The summed E-state index contributed by atoms with van der Waals surface area (Å²) in [6.45, 7) is 5.74. The molecule has 1 atom stereocenters. The van der Waals surface area contributed by atoms with Gasteiger partial charge in [-0.2, -0.15) is 0 Å². The Balaban J connectivity index is 1.84. The minimum Gasteiger partial charge on any atom is -0.324 e. The number of benzene rings is 2. The maximum atomic E-state index is 12.8. The normalized spacial score (nSPS) is 12.6. The van der Waals surface area contributed by atoms with Gasteiger partial charge in [0.2, 0.25) is 0 Å². The summed E-state index contributed by atoms with van der Waals surface area (Å²) in [5, 5.41) is 0. The van der Waals surface area contributed by atoms with E-state index in [1.54, 1.807) is 25.1 Å². The fourth-order valence-corrected chi connectivity index (χ4v) is 4.55. The number of pyridine rings is 1. The van der Waals surface area contributed by atoms with Crippen molar-refractivity contribution in [2.75, 3.05) is 4.72 Å². The van der Waals surface area contributed by atoms with Gasteiger partial charge in [-0.25, -0.2) is 13.4 Å². The Morgan fingerprint density at radius 3 is 2.31 bits per heavy atom. The van der Waals surface area contributed by atoms with E-state index in [1.807, 2.05) is 49.4 Å². The Morgan fingerprint density at radius 1 is 1.00 bits per heavy atom. The van der Waals surface area contributed by atoms with Gasteiger partial charge in [0, 0.05) is 11.7 Å². The lowest BCUT2D eigenvalue weighted by Gasteiger charge is -2.13. The van der Waals surface area contributed by atoms with Crippen molar-refractivity contribution in [3.8, 4) is 11.1 Å². The van der Waals surface area contributed by atoms with E-state index in [-0.39, 0.29) is 10.9 Å². The fourth-order valence-electron chi connectivity index (χ4n) is 3.32. The molecule has 29 heavy (non-hydrogen) atoms. The average Bonchev–Trinajstić information content (AvgIpc) is 2.67. The van der Waals surface area contributed by atoms with Gasteiger partial charge in [0.15, 0.2) is 0 Å². The molecule has 1 aromatic heterocycles. The van der Waals surface area contributed by atoms with Crippen LogP contribution in [0.3, 0.4) is 0 Å². The quantitative estimate of drug-likeness (QED) is 0.577. The zero-order valence-electron chi connectivity index (χ0n) is 17.0. The number of hydrogen-bond acceptors (Lipinski definition) is 4. The first-order valence-electron chi connectivity index (χ1n) is 9.73. The first kappa shape index (κ1) is 21.0. The predicted molar refractivity (Wildman–Crippen MR) is 118 cm³/mol. The van der Waals surface area contributed by atoms with Gasteiger partial charge >= 0.3 is 0 Å². The van der Waals surface area contributed by atoms with Crippen LogP contribution >= 0.6 is 0 Å². The molecule has 3 N–H and O–H groups in total. The zero-order valence-corrected chi connectivity index (χ0v) is 17.8. The molecule has 0 saturated heterocycles. The molecule has 0 bridgehead atoms. The molecule has 1 unspecified atom stereocenters. The van der Waals surface area contributed by atoms with Gasteiger partial charge in [0.05, 0.1) is 4.90 Å². The van der Waals surface area contributed by atoms with Gasteiger partial charge in [-0.15, -0.1) is 0 Å². The third-order valence-corrected chi connectivity index (χ3v) is 6.38. The van der Waals surface area contributed by atoms with Crippen molar-refractivity contribution in [2.24, 2.45) is 5.73 Å². The summed E-state index contributed by atoms with van der Waals surface area (Å²) in [4.78, 5) is 4.46. The monoisotopic (exact) mass is 409 g/mol. The van der Waals surface area contributed by atoms with E-state index >= 15 is 0 Å². The lowest BCUT2D eigenvalue weighted by Crippen LogP contribution is -2.15. The van der Waals surface area contributed by atoms with Crippen LogP contribution in [0.25, 0.3) is 11.1 Å². The van der Waals surface area contributed by atoms with E-state index in [2.05, 4.69) is 16.6 Å². The third-order valence-electron chi connectivity index (χ3n) is 4.86. The van der Waals surface area contributed by atoms with Crippen LogP contribution in [0.5, 0.6) is 0 Å². The van der Waals surface area contributed by atoms with E-state index in [4.69, 9.17) is 5.73 Å². The van der Waals surface area contributed by atoms with Crippen LogP contribution in [0.4, 0.5) is 5.82 Å². The number of hydrogen-bond donors (Lipinski definition) is 2. The van der Waals surface area contributed by atoms with Gasteiger partial charge in [-0.05, 0) is 60.7 Å². The highest BCUT2D eigenvalue weighted by Crippen LogP contribution is 2.27. The van der Waals surface area contributed by atoms with Gasteiger partial charge in [0.1, 0.15) is 5.82 Å². The molecule has 5 nitrogen and oxygen atoms in total. The maximum absolute atomic E-state index is 12.8. The molecular weight excluding hydrogens is 382 g/mol. The lowest BCUT2D eigenvalue weighted by molar-refractivity contribution is 0.600. The van der Waals surface area contributed by atoms with Crippen LogP contribution in [-0.2, 0) is 10.0 Å². The van der Waals surface area contributed by atoms with E-state index in [1.165, 1.54) is 0 Å². The molecule has 0 fully saturated rings. The maximum Gasteiger partial charge on any atom is 0.263 e. The van der Waals surface area contributed by atoms with Crippen molar-refractivity contribution < 1.29 is 8.42 Å². The Morgan fingerprint density at radius 2 is 1.69 bits per heavy atom. The van der Waals surface area contributed by atoms with E-state index in [0.717, 1.165) is 35.2 Å². The van der Waals surface area contributed by atoms with Crippen LogP contribution in [0.2, 0.25) is 0 Å². The van der Waals surface area contributed by atoms with Crippen molar-refractivity contribution in [2.45, 2.75) is 44.6 Å². The molecule has 6 heteroatoms. The van der Waals surface area contributed by atoms with Crippen molar-refractivity contribution in [1.82, 2.24) is 4.98 Å². The number of sulfonamides is 1. The summed E-state index contributed by atoms with van der Waals surface area (Å²) >= 11 is 0. The van der Waals surface area contributed by atoms with Crippen LogP contribution in [-0.4, -0.2) is 13.4 Å². The Bertz CT molecular complexity index is 1090. The average molecular weight is 410 g/mol. The Kier molecular flexibility index (Phi) is 6.35. The van der Waals surface area contributed by atoms with Crippen molar-refractivity contribution in [3.05, 3.63) is 77.5 Å². The van der Waals surface area contributed by atoms with E-state index in [0.29, 0.717) is 11.4 Å². The highest BCUT2D eigenvalue weighted by molar-refractivity contribution is 7.92. The van der Waals surface area contributed by atoms with Crippen molar-refractivity contribution in [3.63, 3.8) is 0 Å². The Hall–Kier alpha value is -2.70. The molecule has 0 radical (unpaired) electrons. The molecule has 0 amide bonds. The van der Waals surface area contributed by atoms with E-state index in [9.17, 15) is 8.42 Å². The molecule has 0 spiro atoms. The molecular formula is C23H27N3O2S. The van der Waals surface area contributed by atoms with E-state index < -0.39 is 10.0 Å². The summed E-state index contributed by atoms with van der Waals surface area (Å²) in [6, 6.07) is 18.8. The first-order chi connectivity index (χ1) is 13.8. The van der Waals surface area contributed by atoms with Crippen LogP contribution < -0.4 is 10.5 Å². The smallest absolute Gasteiger partial charge is 0.263 e. The number of nitrogens with one attached hydrogen (secondary N) is 1. The summed E-state index contributed by atoms with van der Waals surface area (Å²) in [5.41, 5.74) is 10.7. The summed E-state index contributed by atoms with van der Waals surface area (Å²) in [6.07, 6.45) is 2.00. The molecule has 0 aliphatic carbocycles. The minimum atomic E-state index is -3.71. The molecule has 0 aliphatic rings. The molecule has 2 aromatic carbocycles. The summed E-state index contributed by atoms with van der Waals surface area (Å²) in [5.74, 6) is 0.312. The number of aryl methyl sites for hydroxylation is 2. The molecule has 152 valence electrons. The second kappa shape index (κ2) is 8.76. The summed E-state index contributed by atoms with van der Waals surface area (Å²) < 4.78 is 28.1. The molecule has 0 aliphatic heterocycles. The van der Waals surface area contributed by atoms with Gasteiger partial charge in [-0.3, -0.25) is 4.72 Å². The summed E-state index contributed by atoms with van der Waals surface area (Å²) in [7, 11) is -3.71. The largest absolute Gasteiger partial charge is 0.324 e. The van der Waals surface area contributed by atoms with Crippen LogP contribution in [0, 0.1) is 13.8 Å². The number of anilines is 1. The number of nitrogens with zero attached hydrogens (tertiary/aromatic N) is 1. The molecule has 0 saturated carbocycles. The van der Waals surface area contributed by atoms with Crippen LogP contribution in [0.15, 0.2) is 65.6 Å². The molecule has 3 rings (SSSR count). The first-order valence-corrected chi connectivity index (χ1v) is 11.2. The van der Waals surface area contributed by atoms with Crippen molar-refractivity contribution in [1.29, 1.82) is 0 Å². The molecule has 3 aromatic rings. The number of aromatic nitrogens is 1. The van der Waals surface area contributed by atoms with Gasteiger partial charge in [-0.1, -0.05) is 55.8 Å². The highest BCUT2D eigenvalue weighted by atomic mass is 32.2. The fraction of sp³-hybridized carbons (Fsp3) is 0.261. The van der Waals surface area contributed by atoms with Gasteiger partial charge in [0.25, 0.3) is 10.0 Å². The van der Waals surface area contributed by atoms with Crippen LogP contribution in [0.1, 0.15) is 42.6 Å². The number of nitrogens with two attached hydrogens (primary N) is 1. The SMILES string of the molecule is CCCC(N)c1ccc(-c2ccc(S(=O)(=O)Nc3cccc(C)n3)c(C)c2)cc1. The second-order valence-corrected chi connectivity index (χ2v) is 8.92. The molecule has 1 heterocycles. The third kappa shape index (κ3) is 5.02. The Labute approximate surface area is 173 Å². The van der Waals surface area contributed by atoms with Crippen molar-refractivity contribution >= 4 is 15.8 Å². The topological polar surface area (TPSA) is 85.1 Å².